The predicted octanol–water partition coefficient (Wildman–Crippen LogP) is 3.85. The average Bonchev–Trinajstić information content (AvgIpc) is 3.27. The Labute approximate surface area is 191 Å². The number of hydrogen-bond acceptors (Lipinski definition) is 5. The third-order valence-corrected chi connectivity index (χ3v) is 5.51. The first-order valence-electron chi connectivity index (χ1n) is 10.4. The Morgan fingerprint density at radius 3 is 2.34 bits per heavy atom. The van der Waals surface area contributed by atoms with E-state index >= 15 is 0 Å². The van der Waals surface area contributed by atoms with E-state index in [1.54, 1.807) is 24.3 Å². The molecule has 0 aliphatic carbocycles. The highest BCUT2D eigenvalue weighted by atomic mass is 32.1. The van der Waals surface area contributed by atoms with Crippen molar-refractivity contribution in [1.29, 1.82) is 0 Å². The molecule has 2 aromatic carbocycles. The number of amides is 3. The summed E-state index contributed by atoms with van der Waals surface area (Å²) in [5.41, 5.74) is 2.24. The zero-order chi connectivity index (χ0) is 22.8. The van der Waals surface area contributed by atoms with Gasteiger partial charge >= 0.3 is 0 Å². The maximum atomic E-state index is 13.0. The Kier molecular flexibility index (Phi) is 8.51. The van der Waals surface area contributed by atoms with Crippen molar-refractivity contribution in [2.75, 3.05) is 11.9 Å². The lowest BCUT2D eigenvalue weighted by Crippen LogP contribution is -2.43. The predicted molar refractivity (Wildman–Crippen MR) is 126 cm³/mol. The lowest BCUT2D eigenvalue weighted by molar-refractivity contribution is -0.119. The number of thiazole rings is 1. The van der Waals surface area contributed by atoms with Gasteiger partial charge in [-0.3, -0.25) is 14.4 Å². The van der Waals surface area contributed by atoms with Crippen LogP contribution in [0.25, 0.3) is 11.3 Å². The number of carbonyl (C=O) groups is 3. The van der Waals surface area contributed by atoms with Crippen molar-refractivity contribution in [2.24, 2.45) is 0 Å². The molecule has 3 N–H and O–H groups in total. The van der Waals surface area contributed by atoms with Crippen LogP contribution in [0.1, 0.15) is 36.5 Å². The molecule has 0 spiro atoms. The molecule has 0 aliphatic rings. The smallest absolute Gasteiger partial charge is 0.251 e. The van der Waals surface area contributed by atoms with Gasteiger partial charge in [0.2, 0.25) is 11.8 Å². The summed E-state index contributed by atoms with van der Waals surface area (Å²) in [7, 11) is 0. The molecule has 0 saturated heterocycles. The van der Waals surface area contributed by atoms with E-state index in [4.69, 9.17) is 0 Å². The van der Waals surface area contributed by atoms with Gasteiger partial charge in [0, 0.05) is 30.0 Å². The molecule has 1 heterocycles. The molecule has 3 amide bonds. The second kappa shape index (κ2) is 11.8. The number of anilines is 1. The molecule has 0 fully saturated rings. The molecule has 0 aliphatic heterocycles. The zero-order valence-electron chi connectivity index (χ0n) is 17.8. The third-order valence-electron chi connectivity index (χ3n) is 4.76. The first-order valence-corrected chi connectivity index (χ1v) is 11.3. The average molecular weight is 451 g/mol. The molecule has 32 heavy (non-hydrogen) atoms. The molecule has 3 rings (SSSR count). The molecule has 8 heteroatoms. The van der Waals surface area contributed by atoms with Crippen molar-refractivity contribution in [3.63, 3.8) is 0 Å². The normalized spacial score (nSPS) is 11.4. The maximum Gasteiger partial charge on any atom is 0.251 e. The van der Waals surface area contributed by atoms with E-state index in [-0.39, 0.29) is 17.7 Å². The maximum absolute atomic E-state index is 13.0. The van der Waals surface area contributed by atoms with E-state index in [9.17, 15) is 14.4 Å². The van der Waals surface area contributed by atoms with Crippen LogP contribution in [0.5, 0.6) is 0 Å². The Bertz CT molecular complexity index is 1040. The number of unbranched alkanes of at least 4 members (excludes halogenated alkanes) is 1. The van der Waals surface area contributed by atoms with Crippen LogP contribution in [0, 0.1) is 0 Å². The third kappa shape index (κ3) is 7.02. The van der Waals surface area contributed by atoms with Crippen molar-refractivity contribution in [3.05, 3.63) is 71.6 Å². The summed E-state index contributed by atoms with van der Waals surface area (Å²) in [6.45, 7) is 2.00. The van der Waals surface area contributed by atoms with E-state index in [1.807, 2.05) is 41.8 Å². The van der Waals surface area contributed by atoms with Crippen molar-refractivity contribution in [1.82, 2.24) is 15.6 Å². The summed E-state index contributed by atoms with van der Waals surface area (Å²) in [4.78, 5) is 41.1. The summed E-state index contributed by atoms with van der Waals surface area (Å²) in [5.74, 6) is -0.714. The van der Waals surface area contributed by atoms with Crippen LogP contribution in [-0.2, 0) is 9.59 Å². The van der Waals surface area contributed by atoms with Gasteiger partial charge in [0.25, 0.3) is 5.91 Å². The van der Waals surface area contributed by atoms with Crippen LogP contribution >= 0.6 is 11.3 Å². The van der Waals surface area contributed by atoms with E-state index in [0.29, 0.717) is 36.5 Å². The lowest BCUT2D eigenvalue weighted by atomic mass is 10.1. The quantitative estimate of drug-likeness (QED) is 0.409. The first kappa shape index (κ1) is 23.1. The second-order valence-corrected chi connectivity index (χ2v) is 8.12. The Hall–Kier alpha value is -3.52. The molecule has 7 nitrogen and oxygen atoms in total. The molecule has 1 unspecified atom stereocenters. The van der Waals surface area contributed by atoms with Crippen LogP contribution in [0.2, 0.25) is 0 Å². The van der Waals surface area contributed by atoms with Crippen LogP contribution < -0.4 is 16.0 Å². The summed E-state index contributed by atoms with van der Waals surface area (Å²) in [6.07, 6.45) is 1.82. The number of aromatic nitrogens is 1. The van der Waals surface area contributed by atoms with Crippen molar-refractivity contribution in [2.45, 2.75) is 32.2 Å². The van der Waals surface area contributed by atoms with Gasteiger partial charge in [-0.15, -0.1) is 11.3 Å². The first-order chi connectivity index (χ1) is 15.5. The SMILES string of the molecule is CC(=O)NCCCCC(NC(=O)c1ccccc1)C(=O)Nc1nc(-c2ccccc2)cs1. The Morgan fingerprint density at radius 1 is 0.969 bits per heavy atom. The number of carbonyl (C=O) groups excluding carboxylic acids is 3. The molecule has 1 aromatic heterocycles. The van der Waals surface area contributed by atoms with Crippen molar-refractivity contribution < 1.29 is 14.4 Å². The van der Waals surface area contributed by atoms with Gasteiger partial charge in [0.05, 0.1) is 5.69 Å². The van der Waals surface area contributed by atoms with Gasteiger partial charge in [-0.05, 0) is 31.4 Å². The highest BCUT2D eigenvalue weighted by molar-refractivity contribution is 7.14. The fraction of sp³-hybridized carbons (Fsp3) is 0.250. The number of benzene rings is 2. The van der Waals surface area contributed by atoms with Gasteiger partial charge in [0.15, 0.2) is 5.13 Å². The fourth-order valence-electron chi connectivity index (χ4n) is 3.10. The van der Waals surface area contributed by atoms with E-state index in [1.165, 1.54) is 18.3 Å². The second-order valence-electron chi connectivity index (χ2n) is 7.26. The minimum absolute atomic E-state index is 0.0883. The minimum Gasteiger partial charge on any atom is -0.356 e. The number of rotatable bonds is 10. The molecule has 0 bridgehead atoms. The summed E-state index contributed by atoms with van der Waals surface area (Å²) in [5, 5.41) is 10.8. The molecule has 0 saturated carbocycles. The monoisotopic (exact) mass is 450 g/mol. The number of hydrogen-bond donors (Lipinski definition) is 3. The number of nitrogens with one attached hydrogen (secondary N) is 3. The van der Waals surface area contributed by atoms with Crippen LogP contribution in [0.3, 0.4) is 0 Å². The lowest BCUT2D eigenvalue weighted by Gasteiger charge is -2.18. The largest absolute Gasteiger partial charge is 0.356 e. The van der Waals surface area contributed by atoms with Crippen LogP contribution in [0.4, 0.5) is 5.13 Å². The number of nitrogens with zero attached hydrogens (tertiary/aromatic N) is 1. The molecular weight excluding hydrogens is 424 g/mol. The van der Waals surface area contributed by atoms with E-state index in [0.717, 1.165) is 11.3 Å². The topological polar surface area (TPSA) is 100 Å². The van der Waals surface area contributed by atoms with Crippen LogP contribution in [-0.4, -0.2) is 35.3 Å². The summed E-state index contributed by atoms with van der Waals surface area (Å²) < 4.78 is 0. The molecular formula is C24H26N4O3S. The van der Waals surface area contributed by atoms with Gasteiger partial charge in [-0.25, -0.2) is 4.98 Å². The molecule has 3 aromatic rings. The van der Waals surface area contributed by atoms with Crippen molar-refractivity contribution >= 4 is 34.2 Å². The standard InChI is InChI=1S/C24H26N4O3S/c1-17(29)25-15-9-8-14-20(26-22(30)19-12-6-3-7-13-19)23(31)28-24-27-21(16-32-24)18-10-4-2-5-11-18/h2-7,10-13,16,20H,8-9,14-15H2,1H3,(H,25,29)(H,26,30)(H,27,28,31). The molecule has 166 valence electrons. The highest BCUT2D eigenvalue weighted by Gasteiger charge is 2.22. The van der Waals surface area contributed by atoms with Crippen LogP contribution in [0.15, 0.2) is 66.0 Å². The van der Waals surface area contributed by atoms with Gasteiger partial charge in [0.1, 0.15) is 6.04 Å². The minimum atomic E-state index is -0.718. The highest BCUT2D eigenvalue weighted by Crippen LogP contribution is 2.24. The van der Waals surface area contributed by atoms with Gasteiger partial charge in [-0.2, -0.15) is 0 Å². The molecule has 0 radical (unpaired) electrons. The summed E-state index contributed by atoms with van der Waals surface area (Å²) in [6, 6.07) is 17.8. The van der Waals surface area contributed by atoms with E-state index < -0.39 is 6.04 Å². The fourth-order valence-corrected chi connectivity index (χ4v) is 3.83. The van der Waals surface area contributed by atoms with E-state index in [2.05, 4.69) is 20.9 Å². The zero-order valence-corrected chi connectivity index (χ0v) is 18.7. The van der Waals surface area contributed by atoms with Gasteiger partial charge < -0.3 is 16.0 Å². The molecule has 1 atom stereocenters. The van der Waals surface area contributed by atoms with Gasteiger partial charge in [-0.1, -0.05) is 48.5 Å². The van der Waals surface area contributed by atoms with Crippen molar-refractivity contribution in [3.8, 4) is 11.3 Å². The Morgan fingerprint density at radius 2 is 1.66 bits per heavy atom. The Balaban J connectivity index is 1.64. The summed E-state index contributed by atoms with van der Waals surface area (Å²) >= 11 is 1.34.